The summed E-state index contributed by atoms with van der Waals surface area (Å²) >= 11 is 0. The van der Waals surface area contributed by atoms with E-state index in [9.17, 15) is 4.57 Å². The average Bonchev–Trinajstić information content (AvgIpc) is 1.69. The molecular weight excluding hydrogens is 255 g/mol. The van der Waals surface area contributed by atoms with Crippen LogP contribution in [-0.4, -0.2) is 13.2 Å². The second-order valence-corrected chi connectivity index (χ2v) is 2.38. The maximum Gasteiger partial charge on any atom is 0.319 e. The maximum absolute atomic E-state index is 10.2. The van der Waals surface area contributed by atoms with Crippen molar-refractivity contribution in [2.45, 2.75) is 6.42 Å². The van der Waals surface area contributed by atoms with E-state index in [1.807, 2.05) is 0 Å². The van der Waals surface area contributed by atoms with E-state index in [1.165, 1.54) is 0 Å². The predicted octanol–water partition coefficient (Wildman–Crippen LogP) is 0.813. The molecule has 5 heteroatoms. The summed E-state index contributed by atoms with van der Waals surface area (Å²) in [7, 11) is -2.04. The van der Waals surface area contributed by atoms with Crippen molar-refractivity contribution in [1.82, 2.24) is 0 Å². The quantitative estimate of drug-likeness (QED) is 0.606. The molecule has 3 nitrogen and oxygen atoms in total. The topological polar surface area (TPSA) is 35.5 Å². The van der Waals surface area contributed by atoms with Gasteiger partial charge in [0.2, 0.25) is 0 Å². The van der Waals surface area contributed by atoms with Gasteiger partial charge in [-0.1, -0.05) is 0 Å². The average molecular weight is 262 g/mol. The van der Waals surface area contributed by atoms with Gasteiger partial charge < -0.3 is 9.05 Å². The molecule has 0 aromatic carbocycles. The van der Waals surface area contributed by atoms with Crippen LogP contribution in [0.3, 0.4) is 0 Å². The minimum atomic E-state index is -2.04. The third kappa shape index (κ3) is 3.53. The normalized spacial score (nSPS) is 22.0. The first-order valence-electron chi connectivity index (χ1n) is 2.19. The molecule has 0 N–H and O–H groups in total. The maximum atomic E-state index is 10.2. The molecule has 0 aromatic heterocycles. The Hall–Kier alpha value is 1.53. The van der Waals surface area contributed by atoms with Crippen LogP contribution in [0.15, 0.2) is 0 Å². The molecular formula is C3H7CeO3P. The molecule has 0 bridgehead atoms. The molecule has 0 amide bonds. The number of hydrogen-bond acceptors (Lipinski definition) is 3. The molecule has 0 radical (unpaired) electrons. The van der Waals surface area contributed by atoms with Gasteiger partial charge >= 0.3 is 8.25 Å². The van der Waals surface area contributed by atoms with Crippen LogP contribution in [0.25, 0.3) is 0 Å². The van der Waals surface area contributed by atoms with E-state index in [0.717, 1.165) is 6.42 Å². The van der Waals surface area contributed by atoms with Crippen molar-refractivity contribution in [3.05, 3.63) is 0 Å². The first-order valence-corrected chi connectivity index (χ1v) is 3.41. The second kappa shape index (κ2) is 5.32. The Morgan fingerprint density at radius 1 is 1.25 bits per heavy atom. The standard InChI is InChI=1S/C3H7O3P.Ce/c4-7-5-2-1-3-6-7;/h7H,1-3H2;. The van der Waals surface area contributed by atoms with Crippen LogP contribution in [0.2, 0.25) is 0 Å². The molecule has 0 aliphatic carbocycles. The van der Waals surface area contributed by atoms with E-state index in [0.29, 0.717) is 13.2 Å². The van der Waals surface area contributed by atoms with Gasteiger partial charge in [-0.25, -0.2) is 0 Å². The molecule has 1 fully saturated rings. The van der Waals surface area contributed by atoms with Gasteiger partial charge in [0.1, 0.15) is 0 Å². The molecule has 0 unspecified atom stereocenters. The first-order chi connectivity index (χ1) is 3.39. The molecule has 0 atom stereocenters. The summed E-state index contributed by atoms with van der Waals surface area (Å²) in [5.41, 5.74) is 0. The summed E-state index contributed by atoms with van der Waals surface area (Å²) < 4.78 is 19.4. The molecule has 1 saturated heterocycles. The molecule has 0 aromatic rings. The SMILES string of the molecule is O=[PH]1OCCCO1.[Ce]. The summed E-state index contributed by atoms with van der Waals surface area (Å²) in [5, 5.41) is 0. The fourth-order valence-electron chi connectivity index (χ4n) is 0.412. The zero-order valence-corrected chi connectivity index (χ0v) is 8.49. The van der Waals surface area contributed by atoms with Crippen molar-refractivity contribution in [1.29, 1.82) is 0 Å². The van der Waals surface area contributed by atoms with Gasteiger partial charge in [0.25, 0.3) is 0 Å². The van der Waals surface area contributed by atoms with Gasteiger partial charge in [-0.15, -0.1) is 0 Å². The van der Waals surface area contributed by atoms with E-state index in [4.69, 9.17) is 0 Å². The third-order valence-electron chi connectivity index (χ3n) is 0.729. The summed E-state index contributed by atoms with van der Waals surface area (Å²) in [6, 6.07) is 0. The number of rotatable bonds is 0. The Bertz CT molecular complexity index is 78.6. The van der Waals surface area contributed by atoms with Crippen molar-refractivity contribution < 1.29 is 55.4 Å². The Morgan fingerprint density at radius 2 is 1.75 bits per heavy atom. The van der Waals surface area contributed by atoms with E-state index in [1.54, 1.807) is 0 Å². The molecule has 1 rings (SSSR count). The summed E-state index contributed by atoms with van der Waals surface area (Å²) in [6.45, 7) is 1.19. The van der Waals surface area contributed by atoms with Gasteiger partial charge in [-0.3, -0.25) is 4.57 Å². The third-order valence-corrected chi connectivity index (χ3v) is 1.61. The zero-order chi connectivity index (χ0) is 5.11. The van der Waals surface area contributed by atoms with Gasteiger partial charge in [-0.05, 0) is 6.42 Å². The minimum Gasteiger partial charge on any atom is -0.311 e. The fourth-order valence-corrected chi connectivity index (χ4v) is 1.12. The van der Waals surface area contributed by atoms with E-state index >= 15 is 0 Å². The van der Waals surface area contributed by atoms with Crippen molar-refractivity contribution >= 4 is 8.25 Å². The monoisotopic (exact) mass is 262 g/mol. The summed E-state index contributed by atoms with van der Waals surface area (Å²) in [6.07, 6.45) is 0.871. The Balaban J connectivity index is 0.000000490. The summed E-state index contributed by atoms with van der Waals surface area (Å²) in [5.74, 6) is 0. The van der Waals surface area contributed by atoms with Crippen LogP contribution < -0.4 is 0 Å². The molecule has 8 heavy (non-hydrogen) atoms. The van der Waals surface area contributed by atoms with E-state index in [2.05, 4.69) is 9.05 Å². The van der Waals surface area contributed by atoms with E-state index in [-0.39, 0.29) is 41.7 Å². The molecule has 46 valence electrons. The smallest absolute Gasteiger partial charge is 0.311 e. The van der Waals surface area contributed by atoms with Crippen LogP contribution in [0.1, 0.15) is 6.42 Å². The van der Waals surface area contributed by atoms with Crippen molar-refractivity contribution in [2.24, 2.45) is 0 Å². The summed E-state index contributed by atoms with van der Waals surface area (Å²) in [4.78, 5) is 0. The second-order valence-electron chi connectivity index (χ2n) is 1.30. The Labute approximate surface area is 82.5 Å². The van der Waals surface area contributed by atoms with Crippen LogP contribution >= 0.6 is 8.25 Å². The molecule has 1 aliphatic rings. The van der Waals surface area contributed by atoms with Gasteiger partial charge in [0.15, 0.2) is 0 Å². The van der Waals surface area contributed by atoms with Gasteiger partial charge in [0.05, 0.1) is 13.2 Å². The molecule has 1 aliphatic heterocycles. The fraction of sp³-hybridized carbons (Fsp3) is 1.00. The largest absolute Gasteiger partial charge is 0.319 e. The first kappa shape index (κ1) is 9.53. The van der Waals surface area contributed by atoms with Gasteiger partial charge in [-0.2, -0.15) is 0 Å². The molecule has 1 heterocycles. The Kier molecular flexibility index (Phi) is 6.34. The van der Waals surface area contributed by atoms with Crippen LogP contribution in [0.5, 0.6) is 0 Å². The number of hydrogen-bond donors (Lipinski definition) is 0. The van der Waals surface area contributed by atoms with E-state index < -0.39 is 8.25 Å². The van der Waals surface area contributed by atoms with Crippen molar-refractivity contribution in [3.8, 4) is 0 Å². The van der Waals surface area contributed by atoms with Crippen LogP contribution in [-0.2, 0) is 13.6 Å². The Morgan fingerprint density at radius 3 is 2.00 bits per heavy atom. The van der Waals surface area contributed by atoms with Crippen LogP contribution in [0.4, 0.5) is 0 Å². The van der Waals surface area contributed by atoms with Gasteiger partial charge in [0, 0.05) is 41.7 Å². The molecule has 0 spiro atoms. The van der Waals surface area contributed by atoms with Crippen molar-refractivity contribution in [3.63, 3.8) is 0 Å². The minimum absolute atomic E-state index is 0. The van der Waals surface area contributed by atoms with Crippen molar-refractivity contribution in [2.75, 3.05) is 13.2 Å². The van der Waals surface area contributed by atoms with Crippen LogP contribution in [0, 0.1) is 41.7 Å². The molecule has 0 saturated carbocycles. The zero-order valence-electron chi connectivity index (χ0n) is 4.35. The predicted molar refractivity (Wildman–Crippen MR) is 25.5 cm³/mol.